The number of allylic oxidation sites excluding steroid dienone is 1. The van der Waals surface area contributed by atoms with Gasteiger partial charge in [-0.2, -0.15) is 0 Å². The van der Waals surface area contributed by atoms with Gasteiger partial charge in [-0.1, -0.05) is 111 Å². The number of nitrogens with one attached hydrogen (secondary N) is 1. The Morgan fingerprint density at radius 3 is 2.08 bits per heavy atom. The van der Waals surface area contributed by atoms with Crippen molar-refractivity contribution in [2.75, 3.05) is 6.16 Å². The lowest BCUT2D eigenvalue weighted by atomic mass is 9.67. The summed E-state index contributed by atoms with van der Waals surface area (Å²) in [5.74, 6) is 0.369. The van der Waals surface area contributed by atoms with E-state index in [2.05, 4.69) is 131 Å². The number of aryl methyl sites for hydroxylation is 1. The predicted octanol–water partition coefficient (Wildman–Crippen LogP) is 8.19. The Labute approximate surface area is 221 Å². The van der Waals surface area contributed by atoms with Crippen LogP contribution in [0.4, 0.5) is 0 Å². The summed E-state index contributed by atoms with van der Waals surface area (Å²) in [5.41, 5.74) is 7.23. The number of fused-ring (bicyclic) bond motifs is 2. The first-order valence-corrected chi connectivity index (χ1v) is 15.7. The number of hydrogen-bond donors (Lipinski definition) is 1. The molecule has 1 N–H and O–H groups in total. The molecule has 0 amide bonds. The Morgan fingerprint density at radius 1 is 0.917 bits per heavy atom. The molecule has 2 aliphatic heterocycles. The van der Waals surface area contributed by atoms with Gasteiger partial charge in [0.1, 0.15) is 4.75 Å². The van der Waals surface area contributed by atoms with Crippen LogP contribution in [0.2, 0.25) is 0 Å². The average Bonchev–Trinajstić information content (AvgIpc) is 3.31. The second-order valence-electron chi connectivity index (χ2n) is 11.7. The maximum absolute atomic E-state index is 13.6. The molecular weight excluding hydrogens is 477 g/mol. The molecule has 5 rings (SSSR count). The Kier molecular flexibility index (Phi) is 6.98. The van der Waals surface area contributed by atoms with Crippen LogP contribution < -0.4 is 4.72 Å². The maximum Gasteiger partial charge on any atom is 0.136 e. The average molecular weight is 516 g/mol. The first-order valence-electron chi connectivity index (χ1n) is 12.9. The smallest absolute Gasteiger partial charge is 0.136 e. The molecular formula is C32H38NOPS. The second kappa shape index (κ2) is 9.76. The normalized spacial score (nSPS) is 27.4. The molecule has 4 heteroatoms. The molecule has 6 atom stereocenters. The van der Waals surface area contributed by atoms with Crippen molar-refractivity contribution in [1.29, 1.82) is 0 Å². The molecule has 188 valence electrons. The van der Waals surface area contributed by atoms with Crippen LogP contribution in [-0.2, 0) is 11.4 Å². The molecule has 3 aromatic carbocycles. The van der Waals surface area contributed by atoms with E-state index in [4.69, 9.17) is 0 Å². The minimum atomic E-state index is -1.18. The van der Waals surface area contributed by atoms with Gasteiger partial charge in [0, 0.05) is 28.4 Å². The summed E-state index contributed by atoms with van der Waals surface area (Å²) in [6.07, 6.45) is 1.19. The van der Waals surface area contributed by atoms with Gasteiger partial charge < -0.3 is 4.55 Å². The molecule has 2 nitrogen and oxygen atoms in total. The number of hydrogen-bond acceptors (Lipinski definition) is 2. The minimum Gasteiger partial charge on any atom is -0.598 e. The zero-order valence-corrected chi connectivity index (χ0v) is 24.0. The van der Waals surface area contributed by atoms with Crippen molar-refractivity contribution in [3.63, 3.8) is 0 Å². The van der Waals surface area contributed by atoms with Crippen LogP contribution in [-0.4, -0.2) is 21.1 Å². The lowest BCUT2D eigenvalue weighted by molar-refractivity contribution is 0.345. The number of benzene rings is 3. The van der Waals surface area contributed by atoms with Crippen molar-refractivity contribution < 1.29 is 4.55 Å². The fraction of sp³-hybridized carbons (Fsp3) is 0.375. The van der Waals surface area contributed by atoms with Gasteiger partial charge >= 0.3 is 0 Å². The largest absolute Gasteiger partial charge is 0.598 e. The third-order valence-electron chi connectivity index (χ3n) is 8.16. The third-order valence-corrected chi connectivity index (χ3v) is 13.2. The van der Waals surface area contributed by atoms with Crippen molar-refractivity contribution in [2.45, 2.75) is 63.9 Å². The summed E-state index contributed by atoms with van der Waals surface area (Å²) in [6.45, 7) is 13.2. The molecule has 2 aliphatic rings. The molecule has 2 heterocycles. The predicted molar refractivity (Wildman–Crippen MR) is 157 cm³/mol. The first-order chi connectivity index (χ1) is 17.1. The molecule has 1 saturated heterocycles. The topological polar surface area (TPSA) is 35.1 Å². The standard InChI is InChI=1S/C32H38NOPS/c1-22-17-19-25(20-18-22)28(33-36(34)31(3,4)5)30-27(24-13-9-7-10-14-24)32(6)21-35(30)29(23(32)2)26-15-11-8-12-16-26/h7-20,27-28,30,33H,21H2,1-6H3/t27?,28-,30-,32-,35+,36?/m1/s1. The van der Waals surface area contributed by atoms with Crippen LogP contribution in [0.15, 0.2) is 90.5 Å². The Balaban J connectivity index is 1.69. The highest BCUT2D eigenvalue weighted by molar-refractivity contribution is 7.90. The molecule has 0 saturated carbocycles. The highest BCUT2D eigenvalue weighted by Crippen LogP contribution is 2.80. The van der Waals surface area contributed by atoms with E-state index in [1.54, 1.807) is 10.9 Å². The lowest BCUT2D eigenvalue weighted by Crippen LogP contribution is -2.46. The van der Waals surface area contributed by atoms with Gasteiger partial charge in [-0.3, -0.25) is 0 Å². The fourth-order valence-corrected chi connectivity index (χ4v) is 11.6. The van der Waals surface area contributed by atoms with Gasteiger partial charge in [0.25, 0.3) is 0 Å². The Morgan fingerprint density at radius 2 is 1.50 bits per heavy atom. The van der Waals surface area contributed by atoms with Crippen LogP contribution in [0.3, 0.4) is 0 Å². The molecule has 0 radical (unpaired) electrons. The second-order valence-corrected chi connectivity index (χ2v) is 15.9. The van der Waals surface area contributed by atoms with Gasteiger partial charge in [-0.15, -0.1) is 4.72 Å². The van der Waals surface area contributed by atoms with Crippen LogP contribution in [0, 0.1) is 12.3 Å². The highest BCUT2D eigenvalue weighted by Gasteiger charge is 2.61. The fourth-order valence-electron chi connectivity index (χ4n) is 6.16. The van der Waals surface area contributed by atoms with Crippen LogP contribution in [0.25, 0.3) is 5.31 Å². The molecule has 3 aromatic rings. The Bertz CT molecular complexity index is 1230. The van der Waals surface area contributed by atoms with E-state index in [0.717, 1.165) is 0 Å². The monoisotopic (exact) mass is 515 g/mol. The molecule has 0 spiro atoms. The molecule has 36 heavy (non-hydrogen) atoms. The van der Waals surface area contributed by atoms with Crippen LogP contribution >= 0.6 is 7.92 Å². The van der Waals surface area contributed by atoms with E-state index in [1.807, 2.05) is 0 Å². The van der Waals surface area contributed by atoms with Crippen molar-refractivity contribution >= 4 is 24.6 Å². The summed E-state index contributed by atoms with van der Waals surface area (Å²) in [7, 11) is -0.477. The molecule has 2 bridgehead atoms. The summed E-state index contributed by atoms with van der Waals surface area (Å²) in [5, 5.41) is 1.56. The molecule has 2 unspecified atom stereocenters. The van der Waals surface area contributed by atoms with Gasteiger partial charge in [-0.25, -0.2) is 0 Å². The maximum atomic E-state index is 13.6. The van der Waals surface area contributed by atoms with E-state index >= 15 is 0 Å². The van der Waals surface area contributed by atoms with Gasteiger partial charge in [0.05, 0.1) is 6.04 Å². The van der Waals surface area contributed by atoms with Crippen molar-refractivity contribution in [3.8, 4) is 0 Å². The summed E-state index contributed by atoms with van der Waals surface area (Å²) in [4.78, 5) is 0. The van der Waals surface area contributed by atoms with Gasteiger partial charge in [0.2, 0.25) is 0 Å². The van der Waals surface area contributed by atoms with Crippen molar-refractivity contribution in [2.24, 2.45) is 5.41 Å². The molecule has 1 fully saturated rings. The zero-order valence-electron chi connectivity index (χ0n) is 22.3. The molecule has 0 aromatic heterocycles. The van der Waals surface area contributed by atoms with E-state index in [0.29, 0.717) is 11.6 Å². The summed E-state index contributed by atoms with van der Waals surface area (Å²) in [6, 6.07) is 31.0. The highest BCUT2D eigenvalue weighted by atomic mass is 32.2. The zero-order chi connectivity index (χ0) is 25.7. The number of rotatable bonds is 6. The molecule has 0 aliphatic carbocycles. The summed E-state index contributed by atoms with van der Waals surface area (Å²) < 4.78 is 17.0. The SMILES string of the molecule is CC1=C(c2ccccc2)[P@]2C[C@@]1(C)C(c1ccccc1)[C@@H]2[C@H](N[S+]([O-])C(C)(C)C)c1ccc(C)cc1. The van der Waals surface area contributed by atoms with E-state index < -0.39 is 19.3 Å². The third kappa shape index (κ3) is 4.50. The lowest BCUT2D eigenvalue weighted by Gasteiger charge is -2.43. The minimum absolute atomic E-state index is 0.00983. The van der Waals surface area contributed by atoms with Gasteiger partial charge in [-0.05, 0) is 62.8 Å². The first kappa shape index (κ1) is 25.7. The van der Waals surface area contributed by atoms with E-state index in [-0.39, 0.29) is 16.2 Å². The summed E-state index contributed by atoms with van der Waals surface area (Å²) >= 11 is -1.18. The van der Waals surface area contributed by atoms with Gasteiger partial charge in [0.15, 0.2) is 0 Å². The van der Waals surface area contributed by atoms with Crippen LogP contribution in [0.1, 0.15) is 68.8 Å². The van der Waals surface area contributed by atoms with Crippen LogP contribution in [0.5, 0.6) is 0 Å². The quantitative estimate of drug-likeness (QED) is 0.265. The van der Waals surface area contributed by atoms with E-state index in [1.165, 1.54) is 28.4 Å². The van der Waals surface area contributed by atoms with E-state index in [9.17, 15) is 4.55 Å². The van der Waals surface area contributed by atoms with Crippen molar-refractivity contribution in [1.82, 2.24) is 4.72 Å². The Hall–Kier alpha value is -1.90. The van der Waals surface area contributed by atoms with Crippen molar-refractivity contribution in [3.05, 3.63) is 113 Å².